The van der Waals surface area contributed by atoms with Crippen LogP contribution in [0, 0.1) is 12.8 Å². The van der Waals surface area contributed by atoms with Gasteiger partial charge in [0.1, 0.15) is 5.75 Å². The van der Waals surface area contributed by atoms with Gasteiger partial charge in [-0.15, -0.1) is 22.6 Å². The van der Waals surface area contributed by atoms with Crippen molar-refractivity contribution in [1.29, 1.82) is 0 Å². The van der Waals surface area contributed by atoms with E-state index in [1.807, 2.05) is 44.3 Å². The number of pyridine rings is 1. The third kappa shape index (κ3) is 4.70. The standard InChI is InChI=1S/C29H31N5O2S.ClH/c1-18-8-10-22-23(6-4-7-25(22)30-18)27-31-32-28(33(27)3)37-13-5-12-34-16-21-15-29(21,17-34)20-9-11-26(36)24(14-20)19(2)35;/h4,6-11,14,21,36H,5,12-13,15-17H2,1-3H3;1H. The van der Waals surface area contributed by atoms with Crippen LogP contribution in [-0.4, -0.2) is 60.9 Å². The van der Waals surface area contributed by atoms with E-state index in [9.17, 15) is 9.90 Å². The van der Waals surface area contributed by atoms with E-state index in [0.29, 0.717) is 11.5 Å². The first-order chi connectivity index (χ1) is 17.9. The summed E-state index contributed by atoms with van der Waals surface area (Å²) in [7, 11) is 2.03. The van der Waals surface area contributed by atoms with Crippen molar-refractivity contribution < 1.29 is 9.90 Å². The third-order valence-corrected chi connectivity index (χ3v) is 9.07. The molecule has 2 aliphatic rings. The largest absolute Gasteiger partial charge is 0.507 e. The van der Waals surface area contributed by atoms with Crippen LogP contribution in [0.25, 0.3) is 22.3 Å². The lowest BCUT2D eigenvalue weighted by Crippen LogP contribution is -2.28. The van der Waals surface area contributed by atoms with E-state index in [1.165, 1.54) is 18.9 Å². The molecule has 1 saturated heterocycles. The van der Waals surface area contributed by atoms with Gasteiger partial charge in [-0.2, -0.15) is 0 Å². The van der Waals surface area contributed by atoms with Gasteiger partial charge in [-0.1, -0.05) is 36.0 Å². The topological polar surface area (TPSA) is 84.1 Å². The average molecular weight is 550 g/mol. The summed E-state index contributed by atoms with van der Waals surface area (Å²) in [4.78, 5) is 19.1. The van der Waals surface area contributed by atoms with Gasteiger partial charge < -0.3 is 14.6 Å². The molecule has 38 heavy (non-hydrogen) atoms. The smallest absolute Gasteiger partial charge is 0.191 e. The highest BCUT2D eigenvalue weighted by atomic mass is 35.5. The zero-order valence-electron chi connectivity index (χ0n) is 21.8. The summed E-state index contributed by atoms with van der Waals surface area (Å²) in [5.41, 5.74) is 4.81. The molecule has 2 aromatic carbocycles. The summed E-state index contributed by atoms with van der Waals surface area (Å²) in [5, 5.41) is 21.0. The Hall–Kier alpha value is -2.94. The fourth-order valence-electron chi connectivity index (χ4n) is 5.91. The van der Waals surface area contributed by atoms with Crippen LogP contribution in [0.15, 0.2) is 53.7 Å². The fraction of sp³-hybridized carbons (Fsp3) is 0.379. The number of hydrogen-bond acceptors (Lipinski definition) is 7. The van der Waals surface area contributed by atoms with Crippen LogP contribution >= 0.6 is 24.2 Å². The Morgan fingerprint density at radius 2 is 2.03 bits per heavy atom. The number of likely N-dealkylation sites (tertiary alicyclic amines) is 1. The van der Waals surface area contributed by atoms with Gasteiger partial charge in [0.25, 0.3) is 0 Å². The van der Waals surface area contributed by atoms with Crippen molar-refractivity contribution in [1.82, 2.24) is 24.6 Å². The number of hydrogen-bond donors (Lipinski definition) is 1. The SMILES string of the molecule is CC(=O)c1cc(C23CC2CN(CCCSc2nnc(-c4cccc5nc(C)ccc45)n2C)C3)ccc1O.Cl. The molecule has 2 aromatic heterocycles. The minimum absolute atomic E-state index is 0. The molecule has 0 amide bonds. The average Bonchev–Trinajstić information content (AvgIpc) is 3.25. The van der Waals surface area contributed by atoms with Gasteiger partial charge in [0.05, 0.1) is 11.1 Å². The van der Waals surface area contributed by atoms with E-state index < -0.39 is 0 Å². The van der Waals surface area contributed by atoms with Crippen molar-refractivity contribution in [3.63, 3.8) is 0 Å². The lowest BCUT2D eigenvalue weighted by Gasteiger charge is -2.21. The van der Waals surface area contributed by atoms with Crippen LogP contribution in [0.4, 0.5) is 0 Å². The maximum Gasteiger partial charge on any atom is 0.191 e. The van der Waals surface area contributed by atoms with Gasteiger partial charge >= 0.3 is 0 Å². The summed E-state index contributed by atoms with van der Waals surface area (Å²) < 4.78 is 2.08. The highest BCUT2D eigenvalue weighted by molar-refractivity contribution is 7.99. The minimum Gasteiger partial charge on any atom is -0.507 e. The van der Waals surface area contributed by atoms with Crippen molar-refractivity contribution in [2.75, 3.05) is 25.4 Å². The first-order valence-electron chi connectivity index (χ1n) is 12.8. The maximum absolute atomic E-state index is 11.9. The number of halogens is 1. The number of Topliss-reactive ketones (excluding diaryl/α,β-unsaturated/α-hetero) is 1. The van der Waals surface area contributed by atoms with Gasteiger partial charge in [0, 0.05) is 47.9 Å². The van der Waals surface area contributed by atoms with Crippen molar-refractivity contribution in [3.8, 4) is 17.1 Å². The molecule has 2 atom stereocenters. The molecular weight excluding hydrogens is 518 g/mol. The van der Waals surface area contributed by atoms with Gasteiger partial charge in [0.15, 0.2) is 16.8 Å². The lowest BCUT2D eigenvalue weighted by molar-refractivity contribution is 0.101. The van der Waals surface area contributed by atoms with Crippen LogP contribution in [0.3, 0.4) is 0 Å². The van der Waals surface area contributed by atoms with E-state index in [0.717, 1.165) is 64.9 Å². The molecule has 2 fully saturated rings. The molecule has 198 valence electrons. The minimum atomic E-state index is -0.0843. The predicted octanol–water partition coefficient (Wildman–Crippen LogP) is 5.42. The number of benzene rings is 2. The molecule has 0 radical (unpaired) electrons. The summed E-state index contributed by atoms with van der Waals surface area (Å²) in [6.45, 7) is 6.68. The predicted molar refractivity (Wildman–Crippen MR) is 153 cm³/mol. The number of phenolic OH excluding ortho intramolecular Hbond substituents is 1. The fourth-order valence-corrected chi connectivity index (χ4v) is 6.75. The van der Waals surface area contributed by atoms with Crippen molar-refractivity contribution >= 4 is 40.9 Å². The molecule has 2 unspecified atom stereocenters. The molecule has 6 rings (SSSR count). The lowest BCUT2D eigenvalue weighted by atomic mass is 9.92. The van der Waals surface area contributed by atoms with E-state index in [1.54, 1.807) is 17.8 Å². The summed E-state index contributed by atoms with van der Waals surface area (Å²) in [6.07, 6.45) is 2.24. The first kappa shape index (κ1) is 26.7. The van der Waals surface area contributed by atoms with Gasteiger partial charge in [-0.3, -0.25) is 9.78 Å². The third-order valence-electron chi connectivity index (χ3n) is 7.96. The highest BCUT2D eigenvalue weighted by Gasteiger charge is 2.60. The number of aromatic hydroxyl groups is 1. The molecular formula is C29H32ClN5O2S. The number of carbonyl (C=O) groups excluding carboxylic acids is 1. The second-order valence-corrected chi connectivity index (χ2v) is 11.5. The van der Waals surface area contributed by atoms with Crippen LogP contribution in [-0.2, 0) is 12.5 Å². The molecule has 1 N–H and O–H groups in total. The number of ketones is 1. The van der Waals surface area contributed by atoms with Crippen LogP contribution in [0.5, 0.6) is 5.75 Å². The normalized spacial score (nSPS) is 20.3. The number of phenols is 1. The number of carbonyl (C=O) groups is 1. The molecule has 7 nitrogen and oxygen atoms in total. The van der Waals surface area contributed by atoms with Crippen LogP contribution < -0.4 is 0 Å². The quantitative estimate of drug-likeness (QED) is 0.178. The Kier molecular flexibility index (Phi) is 7.24. The van der Waals surface area contributed by atoms with Gasteiger partial charge in [-0.25, -0.2) is 0 Å². The monoisotopic (exact) mass is 549 g/mol. The number of thioether (sulfide) groups is 1. The Bertz CT molecular complexity index is 1520. The summed E-state index contributed by atoms with van der Waals surface area (Å²) >= 11 is 1.75. The van der Waals surface area contributed by atoms with Crippen LogP contribution in [0.1, 0.15) is 41.4 Å². The van der Waals surface area contributed by atoms with E-state index in [2.05, 4.69) is 36.8 Å². The zero-order valence-corrected chi connectivity index (χ0v) is 23.5. The van der Waals surface area contributed by atoms with Crippen molar-refractivity contribution in [2.45, 2.75) is 37.3 Å². The zero-order chi connectivity index (χ0) is 25.7. The molecule has 1 aliphatic heterocycles. The second-order valence-electron chi connectivity index (χ2n) is 10.5. The Morgan fingerprint density at radius 1 is 1.18 bits per heavy atom. The molecule has 3 heterocycles. The van der Waals surface area contributed by atoms with Crippen molar-refractivity contribution in [2.24, 2.45) is 13.0 Å². The number of aryl methyl sites for hydroxylation is 1. The Morgan fingerprint density at radius 3 is 2.84 bits per heavy atom. The number of nitrogens with zero attached hydrogens (tertiary/aromatic N) is 5. The number of rotatable bonds is 8. The molecule has 0 spiro atoms. The second kappa shape index (κ2) is 10.3. The van der Waals surface area contributed by atoms with E-state index in [4.69, 9.17) is 0 Å². The molecule has 9 heteroatoms. The van der Waals surface area contributed by atoms with Crippen molar-refractivity contribution in [3.05, 3.63) is 65.4 Å². The highest BCUT2D eigenvalue weighted by Crippen LogP contribution is 2.59. The van der Waals surface area contributed by atoms with E-state index >= 15 is 0 Å². The summed E-state index contributed by atoms with van der Waals surface area (Å²) in [6, 6.07) is 15.9. The van der Waals surface area contributed by atoms with Gasteiger partial charge in [-0.05, 0) is 69.0 Å². The summed E-state index contributed by atoms with van der Waals surface area (Å²) in [5.74, 6) is 2.48. The van der Waals surface area contributed by atoms with E-state index in [-0.39, 0.29) is 29.4 Å². The Labute approximate surface area is 233 Å². The Balaban J connectivity index is 0.00000294. The number of fused-ring (bicyclic) bond motifs is 2. The molecule has 0 bridgehead atoms. The molecule has 1 saturated carbocycles. The maximum atomic E-state index is 11.9. The first-order valence-corrected chi connectivity index (χ1v) is 13.8. The van der Waals surface area contributed by atoms with Crippen LogP contribution in [0.2, 0.25) is 0 Å². The number of aromatic nitrogens is 4. The number of piperidine rings is 1. The van der Waals surface area contributed by atoms with Gasteiger partial charge in [0.2, 0.25) is 0 Å². The molecule has 4 aromatic rings. The molecule has 1 aliphatic carbocycles.